The molecule has 0 aliphatic carbocycles. The average molecular weight is 476 g/mol. The molecule has 2 aromatic carbocycles. The summed E-state index contributed by atoms with van der Waals surface area (Å²) in [7, 11) is 1.57. The lowest BCUT2D eigenvalue weighted by Gasteiger charge is -2.36. The van der Waals surface area contributed by atoms with Gasteiger partial charge in [0.15, 0.2) is 0 Å². The summed E-state index contributed by atoms with van der Waals surface area (Å²) in [4.78, 5) is 40.8. The van der Waals surface area contributed by atoms with Crippen LogP contribution in [0.4, 0.5) is 0 Å². The van der Waals surface area contributed by atoms with Gasteiger partial charge < -0.3 is 24.7 Å². The topological polar surface area (TPSA) is 101 Å². The van der Waals surface area contributed by atoms with E-state index < -0.39 is 6.04 Å². The molecule has 1 aliphatic rings. The van der Waals surface area contributed by atoms with Gasteiger partial charge in [0.1, 0.15) is 17.6 Å². The molecule has 1 saturated heterocycles. The molecule has 0 unspecified atom stereocenters. The number of ether oxygens (including phenoxy) is 1. The molecule has 0 spiro atoms. The van der Waals surface area contributed by atoms with E-state index in [1.807, 2.05) is 6.07 Å². The normalized spacial score (nSPS) is 14.7. The molecule has 8 nitrogen and oxygen atoms in total. The van der Waals surface area contributed by atoms with Crippen molar-refractivity contribution in [1.29, 1.82) is 0 Å². The van der Waals surface area contributed by atoms with E-state index in [9.17, 15) is 14.4 Å². The maximum atomic E-state index is 13.1. The van der Waals surface area contributed by atoms with Crippen LogP contribution in [0.3, 0.4) is 0 Å². The fraction of sp³-hybridized carbons (Fsp3) is 0.296. The van der Waals surface area contributed by atoms with Gasteiger partial charge in [-0.2, -0.15) is 0 Å². The van der Waals surface area contributed by atoms with Crippen molar-refractivity contribution in [3.63, 3.8) is 0 Å². The second-order valence-electron chi connectivity index (χ2n) is 8.48. The Bertz CT molecular complexity index is 1140. The number of benzene rings is 2. The Hall–Kier alpha value is -4.07. The minimum absolute atomic E-state index is 0.0745. The molecule has 8 heteroatoms. The van der Waals surface area contributed by atoms with Gasteiger partial charge in [0.2, 0.25) is 5.91 Å². The Morgan fingerprint density at radius 3 is 2.43 bits per heavy atom. The van der Waals surface area contributed by atoms with Crippen LogP contribution in [-0.4, -0.2) is 48.9 Å². The third-order valence-electron chi connectivity index (χ3n) is 6.24. The number of rotatable bonds is 8. The molecule has 182 valence electrons. The standard InChI is InChI=1S/C27H29N3O5/c1-34-22-10-5-9-21(17-22)27(33)30-14-12-19(13-15-30)24(26(32)28-18-23-11-6-16-35-23)29-25(31)20-7-3-2-4-8-20/h2-11,16-17,19,24H,12-15,18H2,1H3,(H,28,32)(H,29,31)/t24-/m1/s1. The number of nitrogens with one attached hydrogen (secondary N) is 2. The van der Waals surface area contributed by atoms with E-state index in [0.717, 1.165) is 0 Å². The van der Waals surface area contributed by atoms with E-state index in [2.05, 4.69) is 10.6 Å². The summed E-state index contributed by atoms with van der Waals surface area (Å²) in [6, 6.07) is 18.7. The molecule has 2 N–H and O–H groups in total. The molecule has 3 aromatic rings. The molecule has 1 fully saturated rings. The van der Waals surface area contributed by atoms with Crippen LogP contribution in [0, 0.1) is 5.92 Å². The second kappa shape index (κ2) is 11.4. The van der Waals surface area contributed by atoms with Crippen molar-refractivity contribution in [1.82, 2.24) is 15.5 Å². The van der Waals surface area contributed by atoms with Crippen molar-refractivity contribution < 1.29 is 23.5 Å². The molecule has 4 rings (SSSR count). The number of amides is 3. The van der Waals surface area contributed by atoms with Gasteiger partial charge in [-0.1, -0.05) is 24.3 Å². The zero-order chi connectivity index (χ0) is 24.6. The van der Waals surface area contributed by atoms with Gasteiger partial charge in [0.05, 0.1) is 19.9 Å². The summed E-state index contributed by atoms with van der Waals surface area (Å²) in [6.07, 6.45) is 2.72. The molecular formula is C27H29N3O5. The first-order valence-electron chi connectivity index (χ1n) is 11.6. The van der Waals surface area contributed by atoms with E-state index >= 15 is 0 Å². The van der Waals surface area contributed by atoms with Crippen molar-refractivity contribution >= 4 is 17.7 Å². The fourth-order valence-electron chi connectivity index (χ4n) is 4.28. The summed E-state index contributed by atoms with van der Waals surface area (Å²) < 4.78 is 10.5. The van der Waals surface area contributed by atoms with Gasteiger partial charge in [-0.3, -0.25) is 14.4 Å². The highest BCUT2D eigenvalue weighted by molar-refractivity contribution is 5.97. The van der Waals surface area contributed by atoms with Crippen LogP contribution in [0.15, 0.2) is 77.4 Å². The lowest BCUT2D eigenvalue weighted by Crippen LogP contribution is -2.53. The van der Waals surface area contributed by atoms with Crippen LogP contribution in [0.25, 0.3) is 0 Å². The Morgan fingerprint density at radius 1 is 1.00 bits per heavy atom. The van der Waals surface area contributed by atoms with Gasteiger partial charge in [0, 0.05) is 24.2 Å². The second-order valence-corrected chi connectivity index (χ2v) is 8.48. The number of methoxy groups -OCH3 is 1. The van der Waals surface area contributed by atoms with Crippen LogP contribution in [-0.2, 0) is 11.3 Å². The van der Waals surface area contributed by atoms with Gasteiger partial charge in [0.25, 0.3) is 11.8 Å². The van der Waals surface area contributed by atoms with Crippen molar-refractivity contribution in [2.45, 2.75) is 25.4 Å². The molecule has 35 heavy (non-hydrogen) atoms. The van der Waals surface area contributed by atoms with Gasteiger partial charge >= 0.3 is 0 Å². The molecular weight excluding hydrogens is 446 g/mol. The molecule has 0 radical (unpaired) electrons. The quantitative estimate of drug-likeness (QED) is 0.521. The highest BCUT2D eigenvalue weighted by Crippen LogP contribution is 2.24. The highest BCUT2D eigenvalue weighted by atomic mass is 16.5. The molecule has 0 bridgehead atoms. The third kappa shape index (κ3) is 6.09. The molecule has 0 saturated carbocycles. The number of likely N-dealkylation sites (tertiary alicyclic amines) is 1. The van der Waals surface area contributed by atoms with E-state index in [0.29, 0.717) is 48.6 Å². The molecule has 1 aliphatic heterocycles. The Morgan fingerprint density at radius 2 is 1.74 bits per heavy atom. The number of carbonyl (C=O) groups is 3. The Balaban J connectivity index is 1.43. The van der Waals surface area contributed by atoms with Crippen LogP contribution in [0.2, 0.25) is 0 Å². The summed E-state index contributed by atoms with van der Waals surface area (Å²) in [6.45, 7) is 1.21. The first-order valence-corrected chi connectivity index (χ1v) is 11.6. The first kappa shape index (κ1) is 24.1. The number of nitrogens with zero attached hydrogens (tertiary/aromatic N) is 1. The Kier molecular flexibility index (Phi) is 7.82. The lowest BCUT2D eigenvalue weighted by molar-refractivity contribution is -0.124. The monoisotopic (exact) mass is 475 g/mol. The van der Waals surface area contributed by atoms with Crippen molar-refractivity contribution in [3.8, 4) is 5.75 Å². The van der Waals surface area contributed by atoms with E-state index in [-0.39, 0.29) is 30.2 Å². The predicted molar refractivity (Wildman–Crippen MR) is 130 cm³/mol. The third-order valence-corrected chi connectivity index (χ3v) is 6.24. The molecule has 2 heterocycles. The minimum atomic E-state index is -0.730. The number of piperidine rings is 1. The van der Waals surface area contributed by atoms with Gasteiger partial charge in [-0.15, -0.1) is 0 Å². The summed E-state index contributed by atoms with van der Waals surface area (Å²) >= 11 is 0. The average Bonchev–Trinajstić information content (AvgIpc) is 3.44. The fourth-order valence-corrected chi connectivity index (χ4v) is 4.28. The maximum Gasteiger partial charge on any atom is 0.253 e. The Labute approximate surface area is 204 Å². The van der Waals surface area contributed by atoms with Crippen LogP contribution < -0.4 is 15.4 Å². The zero-order valence-corrected chi connectivity index (χ0v) is 19.6. The molecule has 3 amide bonds. The summed E-state index contributed by atoms with van der Waals surface area (Å²) in [5.74, 6) is 0.484. The number of furan rings is 1. The van der Waals surface area contributed by atoms with Crippen molar-refractivity contribution in [2.75, 3.05) is 20.2 Å². The van der Waals surface area contributed by atoms with Crippen LogP contribution in [0.1, 0.15) is 39.3 Å². The largest absolute Gasteiger partial charge is 0.497 e. The van der Waals surface area contributed by atoms with Gasteiger partial charge in [-0.25, -0.2) is 0 Å². The van der Waals surface area contributed by atoms with Gasteiger partial charge in [-0.05, 0) is 61.2 Å². The van der Waals surface area contributed by atoms with E-state index in [4.69, 9.17) is 9.15 Å². The predicted octanol–water partition coefficient (Wildman–Crippen LogP) is 3.26. The maximum absolute atomic E-state index is 13.1. The lowest BCUT2D eigenvalue weighted by atomic mass is 9.88. The molecule has 1 atom stereocenters. The molecule has 1 aromatic heterocycles. The van der Waals surface area contributed by atoms with E-state index in [1.165, 1.54) is 0 Å². The number of hydrogen-bond donors (Lipinski definition) is 2. The zero-order valence-electron chi connectivity index (χ0n) is 19.6. The van der Waals surface area contributed by atoms with Crippen molar-refractivity contribution in [3.05, 3.63) is 89.9 Å². The summed E-state index contributed by atoms with van der Waals surface area (Å²) in [5, 5.41) is 5.79. The SMILES string of the molecule is COc1cccc(C(=O)N2CCC([C@@H](NC(=O)c3ccccc3)C(=O)NCc3ccco3)CC2)c1. The smallest absolute Gasteiger partial charge is 0.253 e. The summed E-state index contributed by atoms with van der Waals surface area (Å²) in [5.41, 5.74) is 1.05. The first-order chi connectivity index (χ1) is 17.0. The van der Waals surface area contributed by atoms with Crippen LogP contribution in [0.5, 0.6) is 5.75 Å². The number of carbonyl (C=O) groups excluding carboxylic acids is 3. The minimum Gasteiger partial charge on any atom is -0.497 e. The number of hydrogen-bond acceptors (Lipinski definition) is 5. The highest BCUT2D eigenvalue weighted by Gasteiger charge is 2.34. The van der Waals surface area contributed by atoms with Crippen LogP contribution >= 0.6 is 0 Å². The van der Waals surface area contributed by atoms with Crippen molar-refractivity contribution in [2.24, 2.45) is 5.92 Å². The van der Waals surface area contributed by atoms with E-state index in [1.54, 1.807) is 78.9 Å².